The van der Waals surface area contributed by atoms with Gasteiger partial charge in [0.15, 0.2) is 0 Å². The molecule has 0 radical (unpaired) electrons. The number of nitrogens with zero attached hydrogens (tertiary/aromatic N) is 2. The van der Waals surface area contributed by atoms with E-state index in [0.717, 1.165) is 5.56 Å². The first-order valence-corrected chi connectivity index (χ1v) is 7.77. The Morgan fingerprint density at radius 1 is 0.870 bits per heavy atom. The molecule has 0 saturated carbocycles. The molecule has 126 valence electrons. The average molecular weight is 400 g/mol. The lowest BCUT2D eigenvalue weighted by Gasteiger charge is -2.03. The largest absolute Gasteiger partial charge is 0.392 e. The van der Waals surface area contributed by atoms with Crippen LogP contribution < -0.4 is 0 Å². The minimum atomic E-state index is -0.0675. The maximum absolute atomic E-state index is 8.64. The zero-order valence-corrected chi connectivity index (χ0v) is 15.1. The summed E-state index contributed by atoms with van der Waals surface area (Å²) in [5, 5.41) is 9.97. The van der Waals surface area contributed by atoms with E-state index in [1.807, 2.05) is 0 Å². The highest BCUT2D eigenvalue weighted by atomic mass is 35.5. The average Bonchev–Trinajstić information content (AvgIpc) is 2.46. The van der Waals surface area contributed by atoms with Crippen molar-refractivity contribution in [2.75, 3.05) is 13.9 Å². The van der Waals surface area contributed by atoms with E-state index in [-0.39, 0.29) is 13.4 Å². The predicted molar refractivity (Wildman–Crippen MR) is 91.1 cm³/mol. The van der Waals surface area contributed by atoms with Crippen molar-refractivity contribution in [1.82, 2.24) is 9.97 Å². The molecule has 0 spiro atoms. The lowest BCUT2D eigenvalue weighted by atomic mass is 10.3. The molecule has 1 N–H and O–H groups in total. The monoisotopic (exact) mass is 398 g/mol. The van der Waals surface area contributed by atoms with Crippen LogP contribution in [0.1, 0.15) is 11.1 Å². The van der Waals surface area contributed by atoms with Crippen LogP contribution in [0.3, 0.4) is 0 Å². The number of aromatic nitrogens is 2. The summed E-state index contributed by atoms with van der Waals surface area (Å²) >= 11 is 22.4. The number of ether oxygens (including phenoxy) is 2. The van der Waals surface area contributed by atoms with Crippen LogP contribution in [0.25, 0.3) is 0 Å². The van der Waals surface area contributed by atoms with Gasteiger partial charge in [0.25, 0.3) is 0 Å². The maximum atomic E-state index is 8.64. The SMILES string of the molecule is COCOCc1cc(Cl)nc(Cl)c1.OCc1cc(Cl)nc(Cl)c1. The van der Waals surface area contributed by atoms with Gasteiger partial charge in [0, 0.05) is 7.11 Å². The fourth-order valence-electron chi connectivity index (χ4n) is 1.45. The van der Waals surface area contributed by atoms with Crippen LogP contribution in [0, 0.1) is 0 Å². The van der Waals surface area contributed by atoms with Gasteiger partial charge in [0.1, 0.15) is 27.4 Å². The lowest BCUT2D eigenvalue weighted by Crippen LogP contribution is -1.97. The molecule has 0 aliphatic heterocycles. The minimum Gasteiger partial charge on any atom is -0.392 e. The molecule has 0 saturated heterocycles. The molecule has 0 aliphatic carbocycles. The third-order valence-electron chi connectivity index (χ3n) is 2.30. The minimum absolute atomic E-state index is 0.0675. The van der Waals surface area contributed by atoms with E-state index in [9.17, 15) is 0 Å². The molecule has 5 nitrogen and oxygen atoms in total. The fraction of sp³-hybridized carbons (Fsp3) is 0.286. The molecule has 2 heterocycles. The summed E-state index contributed by atoms with van der Waals surface area (Å²) in [6.45, 7) is 0.593. The molecular weight excluding hydrogens is 386 g/mol. The van der Waals surface area contributed by atoms with Gasteiger partial charge in [-0.3, -0.25) is 0 Å². The summed E-state index contributed by atoms with van der Waals surface area (Å²) in [6.07, 6.45) is 0. The second-order valence-corrected chi connectivity index (χ2v) is 5.70. The summed E-state index contributed by atoms with van der Waals surface area (Å²) < 4.78 is 9.83. The van der Waals surface area contributed by atoms with Crippen molar-refractivity contribution in [3.63, 3.8) is 0 Å². The van der Waals surface area contributed by atoms with Crippen LogP contribution in [0.2, 0.25) is 20.6 Å². The van der Waals surface area contributed by atoms with E-state index in [2.05, 4.69) is 9.97 Å². The van der Waals surface area contributed by atoms with E-state index >= 15 is 0 Å². The first-order chi connectivity index (χ1) is 10.9. The molecular formula is C14H14Cl4N2O3. The Kier molecular flexibility index (Phi) is 9.74. The number of methoxy groups -OCH3 is 1. The Bertz CT molecular complexity index is 588. The summed E-state index contributed by atoms with van der Waals surface area (Å²) in [4.78, 5) is 7.51. The molecule has 9 heteroatoms. The van der Waals surface area contributed by atoms with Crippen molar-refractivity contribution >= 4 is 46.4 Å². The van der Waals surface area contributed by atoms with Gasteiger partial charge in [-0.25, -0.2) is 9.97 Å². The van der Waals surface area contributed by atoms with Gasteiger partial charge in [-0.05, 0) is 35.4 Å². The molecule has 2 aromatic rings. The summed E-state index contributed by atoms with van der Waals surface area (Å²) in [5.74, 6) is 0. The Balaban J connectivity index is 0.000000238. The smallest absolute Gasteiger partial charge is 0.146 e. The van der Waals surface area contributed by atoms with Crippen molar-refractivity contribution in [1.29, 1.82) is 0 Å². The molecule has 0 aliphatic rings. The van der Waals surface area contributed by atoms with E-state index in [4.69, 9.17) is 61.0 Å². The normalized spacial score (nSPS) is 10.2. The molecule has 2 rings (SSSR count). The third kappa shape index (κ3) is 8.67. The Morgan fingerprint density at radius 2 is 1.30 bits per heavy atom. The fourth-order valence-corrected chi connectivity index (χ4v) is 2.46. The summed E-state index contributed by atoms with van der Waals surface area (Å²) in [6, 6.07) is 6.52. The quantitative estimate of drug-likeness (QED) is 0.458. The second-order valence-electron chi connectivity index (χ2n) is 4.15. The standard InChI is InChI=1S/C8H9Cl2NO2.C6H5Cl2NO/c1-12-5-13-4-6-2-7(9)11-8(10)3-6;7-5-1-4(3-10)2-6(8)9-5/h2-3H,4-5H2,1H3;1-2,10H,3H2. The number of hydrogen-bond acceptors (Lipinski definition) is 5. The number of aliphatic hydroxyl groups is 1. The highest BCUT2D eigenvalue weighted by Gasteiger charge is 1.99. The van der Waals surface area contributed by atoms with Crippen molar-refractivity contribution in [3.05, 3.63) is 56.0 Å². The third-order valence-corrected chi connectivity index (χ3v) is 3.07. The predicted octanol–water partition coefficient (Wildman–Crippen LogP) is 4.39. The van der Waals surface area contributed by atoms with Crippen LogP contribution in [0.5, 0.6) is 0 Å². The molecule has 0 bridgehead atoms. The Hall–Kier alpha value is -0.660. The first-order valence-electron chi connectivity index (χ1n) is 6.26. The van der Waals surface area contributed by atoms with Crippen molar-refractivity contribution in [2.45, 2.75) is 13.2 Å². The topological polar surface area (TPSA) is 64.5 Å². The Labute approximate surface area is 154 Å². The van der Waals surface area contributed by atoms with Gasteiger partial charge in [-0.1, -0.05) is 46.4 Å². The molecule has 0 atom stereocenters. The van der Waals surface area contributed by atoms with Crippen LogP contribution in [-0.4, -0.2) is 29.0 Å². The number of aliphatic hydroxyl groups excluding tert-OH is 1. The molecule has 0 fully saturated rings. The first kappa shape index (κ1) is 20.4. The second kappa shape index (κ2) is 11.0. The van der Waals surface area contributed by atoms with Gasteiger partial charge in [-0.15, -0.1) is 0 Å². The van der Waals surface area contributed by atoms with Crippen LogP contribution in [-0.2, 0) is 22.7 Å². The van der Waals surface area contributed by atoms with E-state index in [0.29, 0.717) is 32.8 Å². The molecule has 0 amide bonds. The van der Waals surface area contributed by atoms with Gasteiger partial charge in [0.2, 0.25) is 0 Å². The molecule has 23 heavy (non-hydrogen) atoms. The molecule has 0 aromatic carbocycles. The Morgan fingerprint density at radius 3 is 1.70 bits per heavy atom. The zero-order chi connectivity index (χ0) is 17.2. The highest BCUT2D eigenvalue weighted by Crippen LogP contribution is 2.15. The van der Waals surface area contributed by atoms with Gasteiger partial charge in [0.05, 0.1) is 13.2 Å². The van der Waals surface area contributed by atoms with Gasteiger partial charge >= 0.3 is 0 Å². The van der Waals surface area contributed by atoms with Gasteiger partial charge < -0.3 is 14.6 Å². The maximum Gasteiger partial charge on any atom is 0.146 e. The number of rotatable bonds is 5. The van der Waals surface area contributed by atoms with Crippen LogP contribution >= 0.6 is 46.4 Å². The summed E-state index contributed by atoms with van der Waals surface area (Å²) in [5.41, 5.74) is 1.55. The van der Waals surface area contributed by atoms with Crippen molar-refractivity contribution in [2.24, 2.45) is 0 Å². The zero-order valence-electron chi connectivity index (χ0n) is 12.1. The lowest BCUT2D eigenvalue weighted by molar-refractivity contribution is -0.0390. The highest BCUT2D eigenvalue weighted by molar-refractivity contribution is 6.32. The van der Waals surface area contributed by atoms with Crippen LogP contribution in [0.4, 0.5) is 0 Å². The van der Waals surface area contributed by atoms with E-state index < -0.39 is 0 Å². The number of hydrogen-bond donors (Lipinski definition) is 1. The summed E-state index contributed by atoms with van der Waals surface area (Å²) in [7, 11) is 1.56. The van der Waals surface area contributed by atoms with Crippen molar-refractivity contribution < 1.29 is 14.6 Å². The van der Waals surface area contributed by atoms with Crippen molar-refractivity contribution in [3.8, 4) is 0 Å². The van der Waals surface area contributed by atoms with Crippen LogP contribution in [0.15, 0.2) is 24.3 Å². The molecule has 2 aromatic heterocycles. The number of halogens is 4. The number of pyridine rings is 2. The van der Waals surface area contributed by atoms with Gasteiger partial charge in [-0.2, -0.15) is 0 Å². The van der Waals surface area contributed by atoms with E-state index in [1.165, 1.54) is 0 Å². The van der Waals surface area contributed by atoms with E-state index in [1.54, 1.807) is 31.4 Å². The molecule has 0 unspecified atom stereocenters.